The minimum atomic E-state index is -0.274. The molecule has 1 unspecified atom stereocenters. The molecular weight excluding hydrogens is 518 g/mol. The smallest absolute Gasteiger partial charge is 0.259 e. The molecule has 1 aliphatic rings. The Morgan fingerprint density at radius 1 is 1.12 bits per heavy atom. The fraction of sp³-hybridized carbons (Fsp3) is 0.452. The molecule has 0 bridgehead atoms. The van der Waals surface area contributed by atoms with Crippen LogP contribution in [-0.2, 0) is 12.0 Å². The van der Waals surface area contributed by atoms with E-state index in [1.54, 1.807) is 12.5 Å². The van der Waals surface area contributed by atoms with Gasteiger partial charge in [-0.25, -0.2) is 9.97 Å². The normalized spacial score (nSPS) is 17.5. The van der Waals surface area contributed by atoms with E-state index in [2.05, 4.69) is 60.4 Å². The van der Waals surface area contributed by atoms with Gasteiger partial charge in [-0.05, 0) is 36.6 Å². The Labute approximate surface area is 241 Å². The van der Waals surface area contributed by atoms with Gasteiger partial charge in [0.1, 0.15) is 23.0 Å². The van der Waals surface area contributed by atoms with Crippen LogP contribution in [0.1, 0.15) is 74.8 Å². The molecule has 5 rings (SSSR count). The molecule has 3 aromatic heterocycles. The lowest BCUT2D eigenvalue weighted by Gasteiger charge is -2.38. The van der Waals surface area contributed by atoms with Crippen molar-refractivity contribution < 1.29 is 13.6 Å². The van der Waals surface area contributed by atoms with Crippen molar-refractivity contribution in [3.63, 3.8) is 0 Å². The van der Waals surface area contributed by atoms with Crippen LogP contribution < -0.4 is 10.6 Å². The largest absolute Gasteiger partial charge is 0.467 e. The van der Waals surface area contributed by atoms with Gasteiger partial charge in [0.25, 0.3) is 5.91 Å². The minimum absolute atomic E-state index is 0.0164. The zero-order chi connectivity index (χ0) is 29.0. The first-order chi connectivity index (χ1) is 19.7. The second-order valence-electron chi connectivity index (χ2n) is 12.0. The molecule has 4 heterocycles. The van der Waals surface area contributed by atoms with Crippen LogP contribution in [0.25, 0.3) is 11.5 Å². The van der Waals surface area contributed by atoms with E-state index in [9.17, 15) is 4.79 Å². The van der Waals surface area contributed by atoms with Crippen molar-refractivity contribution in [1.82, 2.24) is 30.4 Å². The third-order valence-electron chi connectivity index (χ3n) is 7.10. The first-order valence-electron chi connectivity index (χ1n) is 14.2. The van der Waals surface area contributed by atoms with Gasteiger partial charge in [-0.15, -0.1) is 10.2 Å². The van der Waals surface area contributed by atoms with Crippen LogP contribution >= 0.6 is 0 Å². The topological polar surface area (TPSA) is 122 Å². The standard InChI is InChI=1S/C31H39N7O3/c1-20(2)19-38(23-14-22(15-32-16-23)28-37-36-27(41-28)21-10-7-6-8-11-21)29(39)25-18-34-30(31(3,4)5)35-26(25)33-17-24-12-9-13-40-24/h6-13,18,20,22-23,32H,14-17,19H2,1-5H3,(H,33,34,35)/t22-,23?/m1/s1. The highest BCUT2D eigenvalue weighted by Gasteiger charge is 2.35. The summed E-state index contributed by atoms with van der Waals surface area (Å²) in [6, 6.07) is 13.4. The van der Waals surface area contributed by atoms with E-state index in [4.69, 9.17) is 13.8 Å². The molecule has 0 radical (unpaired) electrons. The summed E-state index contributed by atoms with van der Waals surface area (Å²) >= 11 is 0. The molecule has 1 aromatic carbocycles. The number of aromatic nitrogens is 4. The van der Waals surface area contributed by atoms with Crippen molar-refractivity contribution in [3.05, 3.63) is 78.0 Å². The van der Waals surface area contributed by atoms with Crippen molar-refractivity contribution in [2.24, 2.45) is 5.92 Å². The summed E-state index contributed by atoms with van der Waals surface area (Å²) in [4.78, 5) is 25.6. The van der Waals surface area contributed by atoms with Gasteiger partial charge in [0, 0.05) is 42.9 Å². The summed E-state index contributed by atoms with van der Waals surface area (Å²) in [5.41, 5.74) is 1.05. The van der Waals surface area contributed by atoms with Crippen LogP contribution in [-0.4, -0.2) is 56.6 Å². The Bertz CT molecular complexity index is 1430. The van der Waals surface area contributed by atoms with Gasteiger partial charge in [0.15, 0.2) is 0 Å². The van der Waals surface area contributed by atoms with E-state index >= 15 is 0 Å². The number of carbonyl (C=O) groups excluding carboxylic acids is 1. The van der Waals surface area contributed by atoms with E-state index in [-0.39, 0.29) is 29.2 Å². The summed E-state index contributed by atoms with van der Waals surface area (Å²) in [5, 5.41) is 15.5. The molecule has 10 heteroatoms. The maximum atomic E-state index is 14.3. The van der Waals surface area contributed by atoms with Crippen LogP contribution in [0.2, 0.25) is 0 Å². The second-order valence-corrected chi connectivity index (χ2v) is 12.0. The number of hydrogen-bond donors (Lipinski definition) is 2. The Kier molecular flexibility index (Phi) is 8.49. The van der Waals surface area contributed by atoms with E-state index in [0.717, 1.165) is 11.3 Å². The SMILES string of the molecule is CC(C)CN(C(=O)c1cnc(C(C)(C)C)nc1NCc1ccco1)C1CNC[C@H](c2nnc(-c3ccccc3)o2)C1. The molecule has 10 nitrogen and oxygen atoms in total. The number of anilines is 1. The van der Waals surface area contributed by atoms with Crippen LogP contribution in [0.5, 0.6) is 0 Å². The van der Waals surface area contributed by atoms with E-state index in [0.29, 0.717) is 61.6 Å². The highest BCUT2D eigenvalue weighted by molar-refractivity contribution is 5.98. The predicted molar refractivity (Wildman–Crippen MR) is 156 cm³/mol. The van der Waals surface area contributed by atoms with Crippen molar-refractivity contribution >= 4 is 11.7 Å². The average molecular weight is 558 g/mol. The average Bonchev–Trinajstić information content (AvgIpc) is 3.67. The quantitative estimate of drug-likeness (QED) is 0.283. The van der Waals surface area contributed by atoms with Crippen molar-refractivity contribution in [2.45, 2.75) is 65.0 Å². The third kappa shape index (κ3) is 6.82. The van der Waals surface area contributed by atoms with Crippen LogP contribution in [0, 0.1) is 5.92 Å². The number of amides is 1. The molecule has 0 spiro atoms. The zero-order valence-electron chi connectivity index (χ0n) is 24.4. The number of nitrogens with one attached hydrogen (secondary N) is 2. The fourth-order valence-electron chi connectivity index (χ4n) is 5.01. The van der Waals surface area contributed by atoms with Gasteiger partial charge in [0.2, 0.25) is 11.8 Å². The predicted octanol–water partition coefficient (Wildman–Crippen LogP) is 5.27. The lowest BCUT2D eigenvalue weighted by Crippen LogP contribution is -2.52. The molecule has 1 aliphatic heterocycles. The molecule has 1 saturated heterocycles. The summed E-state index contributed by atoms with van der Waals surface area (Å²) in [6.07, 6.45) is 4.00. The van der Waals surface area contributed by atoms with Gasteiger partial charge in [-0.1, -0.05) is 52.8 Å². The van der Waals surface area contributed by atoms with Crippen LogP contribution in [0.15, 0.2) is 63.8 Å². The molecule has 1 amide bonds. The maximum Gasteiger partial charge on any atom is 0.259 e. The van der Waals surface area contributed by atoms with Crippen LogP contribution in [0.4, 0.5) is 5.82 Å². The number of rotatable bonds is 9. The number of piperidine rings is 1. The lowest BCUT2D eigenvalue weighted by molar-refractivity contribution is 0.0603. The maximum absolute atomic E-state index is 14.3. The third-order valence-corrected chi connectivity index (χ3v) is 7.10. The molecule has 4 aromatic rings. The molecule has 0 saturated carbocycles. The molecule has 41 heavy (non-hydrogen) atoms. The summed E-state index contributed by atoms with van der Waals surface area (Å²) in [5.74, 6) is 3.15. The Balaban J connectivity index is 1.40. The molecule has 2 N–H and O–H groups in total. The molecule has 216 valence electrons. The Morgan fingerprint density at radius 3 is 2.63 bits per heavy atom. The Morgan fingerprint density at radius 2 is 1.93 bits per heavy atom. The van der Waals surface area contributed by atoms with E-state index in [1.807, 2.05) is 47.4 Å². The molecular formula is C31H39N7O3. The van der Waals surface area contributed by atoms with Gasteiger partial charge in [0.05, 0.1) is 18.7 Å². The number of carbonyl (C=O) groups is 1. The molecule has 1 fully saturated rings. The minimum Gasteiger partial charge on any atom is -0.467 e. The van der Waals surface area contributed by atoms with Gasteiger partial charge in [-0.2, -0.15) is 0 Å². The fourth-order valence-corrected chi connectivity index (χ4v) is 5.01. The van der Waals surface area contributed by atoms with Gasteiger partial charge < -0.3 is 24.4 Å². The first kappa shape index (κ1) is 28.5. The number of benzene rings is 1. The highest BCUT2D eigenvalue weighted by Crippen LogP contribution is 2.30. The van der Waals surface area contributed by atoms with Crippen molar-refractivity contribution in [3.8, 4) is 11.5 Å². The molecule has 0 aliphatic carbocycles. The van der Waals surface area contributed by atoms with E-state index in [1.165, 1.54) is 0 Å². The summed E-state index contributed by atoms with van der Waals surface area (Å²) in [6.45, 7) is 12.8. The van der Waals surface area contributed by atoms with Crippen molar-refractivity contribution in [2.75, 3.05) is 25.0 Å². The Hall–Kier alpha value is -4.05. The summed E-state index contributed by atoms with van der Waals surface area (Å²) in [7, 11) is 0. The van der Waals surface area contributed by atoms with Crippen molar-refractivity contribution in [1.29, 1.82) is 0 Å². The number of nitrogens with zero attached hydrogens (tertiary/aromatic N) is 5. The van der Waals surface area contributed by atoms with E-state index < -0.39 is 0 Å². The van der Waals surface area contributed by atoms with Gasteiger partial charge in [-0.3, -0.25) is 4.79 Å². The number of hydrogen-bond acceptors (Lipinski definition) is 9. The first-order valence-corrected chi connectivity index (χ1v) is 14.2. The van der Waals surface area contributed by atoms with Gasteiger partial charge >= 0.3 is 0 Å². The van der Waals surface area contributed by atoms with Crippen LogP contribution in [0.3, 0.4) is 0 Å². The molecule has 2 atom stereocenters. The second kappa shape index (κ2) is 12.2. The lowest BCUT2D eigenvalue weighted by atomic mass is 9.93. The summed E-state index contributed by atoms with van der Waals surface area (Å²) < 4.78 is 11.6. The highest BCUT2D eigenvalue weighted by atomic mass is 16.4. The number of furan rings is 1. The monoisotopic (exact) mass is 557 g/mol. The zero-order valence-corrected chi connectivity index (χ0v) is 24.4.